The van der Waals surface area contributed by atoms with E-state index in [4.69, 9.17) is 0 Å². The van der Waals surface area contributed by atoms with Crippen molar-refractivity contribution in [1.82, 2.24) is 4.98 Å². The number of hydrogen-bond donors (Lipinski definition) is 2. The summed E-state index contributed by atoms with van der Waals surface area (Å²) in [6, 6.07) is 22.9. The number of sulfonamides is 1. The zero-order valence-electron chi connectivity index (χ0n) is 17.9. The molecule has 0 bridgehead atoms. The molecule has 0 unspecified atom stereocenters. The first-order valence-corrected chi connectivity index (χ1v) is 12.9. The van der Waals surface area contributed by atoms with Crippen molar-refractivity contribution in [3.05, 3.63) is 96.3 Å². The summed E-state index contributed by atoms with van der Waals surface area (Å²) < 4.78 is 41.2. The Hall–Kier alpha value is -4.08. The maximum atomic E-state index is 13.2. The summed E-state index contributed by atoms with van der Waals surface area (Å²) in [7, 11) is -4.02. The number of para-hydroxylation sites is 1. The number of fused-ring (bicyclic) bond motifs is 3. The van der Waals surface area contributed by atoms with Crippen LogP contribution >= 0.6 is 11.3 Å². The normalized spacial score (nSPS) is 11.9. The lowest BCUT2D eigenvalue weighted by atomic mass is 10.0. The van der Waals surface area contributed by atoms with Gasteiger partial charge in [-0.2, -0.15) is 0 Å². The summed E-state index contributed by atoms with van der Waals surface area (Å²) in [5.74, 6) is -1.04. The van der Waals surface area contributed by atoms with E-state index >= 15 is 0 Å². The number of thiazole rings is 1. The van der Waals surface area contributed by atoms with Gasteiger partial charge >= 0.3 is 0 Å². The number of carbonyl (C=O) groups is 1. The van der Waals surface area contributed by atoms with E-state index in [2.05, 4.69) is 27.2 Å². The van der Waals surface area contributed by atoms with Crippen molar-refractivity contribution >= 4 is 48.9 Å². The molecule has 4 aromatic carbocycles. The lowest BCUT2D eigenvalue weighted by Gasteiger charge is -2.12. The Balaban J connectivity index is 1.29. The topological polar surface area (TPSA) is 88.2 Å². The summed E-state index contributed by atoms with van der Waals surface area (Å²) in [5, 5.41) is 5.52. The van der Waals surface area contributed by atoms with E-state index in [1.165, 1.54) is 23.5 Å². The van der Waals surface area contributed by atoms with Crippen molar-refractivity contribution in [3.63, 3.8) is 0 Å². The molecule has 5 aromatic rings. The first kappa shape index (κ1) is 21.5. The van der Waals surface area contributed by atoms with Gasteiger partial charge in [0.25, 0.3) is 15.9 Å². The quantitative estimate of drug-likeness (QED) is 0.297. The second kappa shape index (κ2) is 8.00. The zero-order chi connectivity index (χ0) is 24.2. The molecule has 1 amide bonds. The number of rotatable bonds is 5. The highest BCUT2D eigenvalue weighted by molar-refractivity contribution is 7.92. The molecule has 0 atom stereocenters. The molecule has 0 saturated carbocycles. The van der Waals surface area contributed by atoms with Gasteiger partial charge in [-0.05, 0) is 47.2 Å². The van der Waals surface area contributed by atoms with Gasteiger partial charge in [0, 0.05) is 11.1 Å². The Morgan fingerprint density at radius 1 is 0.857 bits per heavy atom. The molecular formula is C26H16FN3O3S2. The van der Waals surface area contributed by atoms with Crippen LogP contribution in [0.15, 0.2) is 89.8 Å². The third-order valence-corrected chi connectivity index (χ3v) is 8.18. The van der Waals surface area contributed by atoms with Crippen LogP contribution in [0.5, 0.6) is 0 Å². The van der Waals surface area contributed by atoms with E-state index < -0.39 is 21.7 Å². The molecule has 6 nitrogen and oxygen atoms in total. The van der Waals surface area contributed by atoms with Gasteiger partial charge in [-0.3, -0.25) is 14.8 Å². The number of nitrogens with one attached hydrogen (secondary N) is 2. The summed E-state index contributed by atoms with van der Waals surface area (Å²) in [5.41, 5.74) is 3.17. The number of halogens is 1. The Morgan fingerprint density at radius 2 is 1.57 bits per heavy atom. The summed E-state index contributed by atoms with van der Waals surface area (Å²) >= 11 is 1.37. The summed E-state index contributed by atoms with van der Waals surface area (Å²) in [6.45, 7) is 0. The van der Waals surface area contributed by atoms with Crippen LogP contribution in [-0.4, -0.2) is 19.3 Å². The molecule has 35 heavy (non-hydrogen) atoms. The van der Waals surface area contributed by atoms with Crippen LogP contribution in [0.4, 0.5) is 15.2 Å². The maximum absolute atomic E-state index is 13.2. The average Bonchev–Trinajstić information content (AvgIpc) is 3.39. The van der Waals surface area contributed by atoms with Crippen LogP contribution in [0.3, 0.4) is 0 Å². The Labute approximate surface area is 204 Å². The second-order valence-electron chi connectivity index (χ2n) is 7.97. The first-order valence-electron chi connectivity index (χ1n) is 10.6. The number of carbonyl (C=O) groups excluding carboxylic acids is 1. The Morgan fingerprint density at radius 3 is 2.34 bits per heavy atom. The Bertz CT molecular complexity index is 1690. The van der Waals surface area contributed by atoms with Gasteiger partial charge in [-0.1, -0.05) is 59.9 Å². The summed E-state index contributed by atoms with van der Waals surface area (Å²) in [4.78, 5) is 18.7. The van der Waals surface area contributed by atoms with Gasteiger partial charge in [0.05, 0.1) is 26.7 Å². The third kappa shape index (κ3) is 3.65. The van der Waals surface area contributed by atoms with Crippen LogP contribution in [0.25, 0.3) is 32.5 Å². The van der Waals surface area contributed by atoms with E-state index in [9.17, 15) is 17.6 Å². The van der Waals surface area contributed by atoms with Gasteiger partial charge in [0.1, 0.15) is 5.82 Å². The monoisotopic (exact) mass is 501 g/mol. The van der Waals surface area contributed by atoms with E-state index in [0.717, 1.165) is 56.7 Å². The third-order valence-electron chi connectivity index (χ3n) is 5.79. The van der Waals surface area contributed by atoms with Gasteiger partial charge < -0.3 is 0 Å². The predicted molar refractivity (Wildman–Crippen MR) is 136 cm³/mol. The number of nitrogens with zero attached hydrogens (tertiary/aromatic N) is 1. The van der Waals surface area contributed by atoms with Crippen LogP contribution in [0.1, 0.15) is 10.4 Å². The van der Waals surface area contributed by atoms with Crippen molar-refractivity contribution < 1.29 is 17.6 Å². The molecule has 0 aliphatic heterocycles. The highest BCUT2D eigenvalue weighted by atomic mass is 32.2. The maximum Gasteiger partial charge on any atom is 0.261 e. The van der Waals surface area contributed by atoms with Gasteiger partial charge in [-0.25, -0.2) is 17.8 Å². The number of hydrogen-bond acceptors (Lipinski definition) is 5. The smallest absolute Gasteiger partial charge is 0.261 e. The minimum absolute atomic E-state index is 0.105. The molecule has 1 heterocycles. The van der Waals surface area contributed by atoms with Crippen LogP contribution in [-0.2, 0) is 10.0 Å². The van der Waals surface area contributed by atoms with Crippen molar-refractivity contribution in [1.29, 1.82) is 0 Å². The fourth-order valence-electron chi connectivity index (χ4n) is 4.22. The minimum atomic E-state index is -4.02. The predicted octanol–water partition coefficient (Wildman–Crippen LogP) is 6.14. The summed E-state index contributed by atoms with van der Waals surface area (Å²) in [6.07, 6.45) is 0. The Kier molecular flexibility index (Phi) is 4.91. The van der Waals surface area contributed by atoms with Crippen molar-refractivity contribution in [2.24, 2.45) is 0 Å². The van der Waals surface area contributed by atoms with Crippen molar-refractivity contribution in [2.45, 2.75) is 4.90 Å². The average molecular weight is 502 g/mol. The molecule has 0 radical (unpaired) electrons. The minimum Gasteiger partial charge on any atom is -0.298 e. The molecule has 9 heteroatoms. The molecule has 1 aromatic heterocycles. The first-order chi connectivity index (χ1) is 16.9. The van der Waals surface area contributed by atoms with E-state index in [1.54, 1.807) is 12.1 Å². The largest absolute Gasteiger partial charge is 0.298 e. The molecular weight excluding hydrogens is 485 g/mol. The van der Waals surface area contributed by atoms with E-state index in [1.807, 2.05) is 24.3 Å². The SMILES string of the molecule is O=C(Nc1nc2c(s1)-c1cccc3cccc-2c13)c1ccccc1NS(=O)(=O)c1ccc(F)cc1. The van der Waals surface area contributed by atoms with E-state index in [0.29, 0.717) is 5.13 Å². The lowest BCUT2D eigenvalue weighted by Crippen LogP contribution is -2.18. The fourth-order valence-corrected chi connectivity index (χ4v) is 6.30. The van der Waals surface area contributed by atoms with Gasteiger partial charge in [0.15, 0.2) is 5.13 Å². The molecule has 1 aliphatic carbocycles. The van der Waals surface area contributed by atoms with Crippen LogP contribution < -0.4 is 10.0 Å². The molecule has 0 fully saturated rings. The standard InChI is InChI=1S/C26H16FN3O3S2/c27-16-11-13-17(14-12-16)35(32,33)30-21-10-2-1-7-18(21)25(31)29-26-28-23-19-8-3-5-15-6-4-9-20(22(15)19)24(23)34-26/h1-14,30H,(H,28,29,31). The second-order valence-corrected chi connectivity index (χ2v) is 10.6. The van der Waals surface area contributed by atoms with Crippen molar-refractivity contribution in [2.75, 3.05) is 10.0 Å². The number of amides is 1. The lowest BCUT2D eigenvalue weighted by molar-refractivity contribution is 0.102. The van der Waals surface area contributed by atoms with Crippen LogP contribution in [0, 0.1) is 5.82 Å². The van der Waals surface area contributed by atoms with Crippen LogP contribution in [0.2, 0.25) is 0 Å². The van der Waals surface area contributed by atoms with E-state index in [-0.39, 0.29) is 16.1 Å². The molecule has 172 valence electrons. The number of aromatic nitrogens is 1. The highest BCUT2D eigenvalue weighted by Crippen LogP contribution is 2.50. The molecule has 6 rings (SSSR count). The fraction of sp³-hybridized carbons (Fsp3) is 0. The number of anilines is 2. The highest BCUT2D eigenvalue weighted by Gasteiger charge is 2.26. The molecule has 2 N–H and O–H groups in total. The van der Waals surface area contributed by atoms with Gasteiger partial charge in [0.2, 0.25) is 0 Å². The zero-order valence-corrected chi connectivity index (χ0v) is 19.6. The molecule has 0 saturated heterocycles. The number of benzene rings is 4. The molecule has 1 aliphatic rings. The molecule has 0 spiro atoms. The van der Waals surface area contributed by atoms with Crippen molar-refractivity contribution in [3.8, 4) is 21.7 Å². The van der Waals surface area contributed by atoms with Gasteiger partial charge in [-0.15, -0.1) is 0 Å².